The first-order valence-electron chi connectivity index (χ1n) is 4.34. The molecule has 4 heteroatoms. The Hall–Kier alpha value is -1.74. The van der Waals surface area contributed by atoms with Gasteiger partial charge < -0.3 is 0 Å². The average Bonchev–Trinajstić information content (AvgIpc) is 2.29. The molecule has 1 aromatic carbocycles. The Labute approximate surface area is 91.8 Å². The van der Waals surface area contributed by atoms with Crippen LogP contribution in [0.4, 0.5) is 0 Å². The van der Waals surface area contributed by atoms with Crippen LogP contribution in [-0.2, 0) is 0 Å². The van der Waals surface area contributed by atoms with Crippen LogP contribution >= 0.6 is 11.6 Å². The zero-order chi connectivity index (χ0) is 10.7. The van der Waals surface area contributed by atoms with Gasteiger partial charge >= 0.3 is 0 Å². The van der Waals surface area contributed by atoms with Crippen molar-refractivity contribution in [1.82, 2.24) is 9.97 Å². The number of rotatable bonds is 2. The molecule has 15 heavy (non-hydrogen) atoms. The predicted molar refractivity (Wildman–Crippen MR) is 56.9 cm³/mol. The summed E-state index contributed by atoms with van der Waals surface area (Å²) in [7, 11) is 0. The summed E-state index contributed by atoms with van der Waals surface area (Å²) in [5.74, 6) is -0.0436. The van der Waals surface area contributed by atoms with Gasteiger partial charge in [0.2, 0.25) is 11.6 Å². The molecular formula is C11H7ClN2O. The molecule has 0 fully saturated rings. The average molecular weight is 219 g/mol. The Morgan fingerprint density at radius 1 is 1.13 bits per heavy atom. The van der Waals surface area contributed by atoms with Crippen molar-refractivity contribution in [2.24, 2.45) is 0 Å². The number of hydrogen-bond donors (Lipinski definition) is 0. The Morgan fingerprint density at radius 3 is 2.53 bits per heavy atom. The van der Waals surface area contributed by atoms with Gasteiger partial charge in [0, 0.05) is 23.0 Å². The first kappa shape index (κ1) is 9.80. The molecule has 3 nitrogen and oxygen atoms in total. The van der Waals surface area contributed by atoms with E-state index in [1.807, 2.05) is 0 Å². The van der Waals surface area contributed by atoms with Crippen LogP contribution in [0.3, 0.4) is 0 Å². The van der Waals surface area contributed by atoms with E-state index in [1.54, 1.807) is 30.3 Å². The van der Waals surface area contributed by atoms with Crippen molar-refractivity contribution in [3.8, 4) is 0 Å². The molecule has 0 atom stereocenters. The second kappa shape index (κ2) is 4.19. The van der Waals surface area contributed by atoms with E-state index in [1.165, 1.54) is 12.4 Å². The third-order valence-electron chi connectivity index (χ3n) is 1.86. The SMILES string of the molecule is O=C(c1cccc(Cl)c1)c1ncccn1. The fourth-order valence-electron chi connectivity index (χ4n) is 1.18. The van der Waals surface area contributed by atoms with E-state index in [9.17, 15) is 4.79 Å². The van der Waals surface area contributed by atoms with E-state index in [0.29, 0.717) is 10.6 Å². The standard InChI is InChI=1S/C11H7ClN2O/c12-9-4-1-3-8(7-9)10(15)11-13-5-2-6-14-11/h1-7H. The Kier molecular flexibility index (Phi) is 2.74. The first-order valence-corrected chi connectivity index (χ1v) is 4.72. The van der Waals surface area contributed by atoms with Crippen LogP contribution in [0.15, 0.2) is 42.7 Å². The van der Waals surface area contributed by atoms with Gasteiger partial charge in [-0.3, -0.25) is 4.79 Å². The summed E-state index contributed by atoms with van der Waals surface area (Å²) in [6, 6.07) is 8.38. The second-order valence-corrected chi connectivity index (χ2v) is 3.35. The minimum absolute atomic E-state index is 0.180. The quantitative estimate of drug-likeness (QED) is 0.727. The van der Waals surface area contributed by atoms with E-state index in [4.69, 9.17) is 11.6 Å². The summed E-state index contributed by atoms with van der Waals surface area (Å²) in [6.45, 7) is 0. The number of aromatic nitrogens is 2. The van der Waals surface area contributed by atoms with Crippen molar-refractivity contribution >= 4 is 17.4 Å². The van der Waals surface area contributed by atoms with Gasteiger partial charge in [-0.15, -0.1) is 0 Å². The highest BCUT2D eigenvalue weighted by atomic mass is 35.5. The number of hydrogen-bond acceptors (Lipinski definition) is 3. The summed E-state index contributed by atoms with van der Waals surface area (Å²) in [4.78, 5) is 19.6. The molecule has 2 aromatic rings. The van der Waals surface area contributed by atoms with Gasteiger partial charge in [0.1, 0.15) is 0 Å². The molecule has 2 rings (SSSR count). The lowest BCUT2D eigenvalue weighted by Gasteiger charge is -1.99. The minimum Gasteiger partial charge on any atom is -0.285 e. The smallest absolute Gasteiger partial charge is 0.230 e. The summed E-state index contributed by atoms with van der Waals surface area (Å²) >= 11 is 5.78. The third kappa shape index (κ3) is 2.19. The molecule has 1 heterocycles. The van der Waals surface area contributed by atoms with E-state index in [2.05, 4.69) is 9.97 Å². The fraction of sp³-hybridized carbons (Fsp3) is 0. The number of carbonyl (C=O) groups is 1. The number of benzene rings is 1. The Bertz CT molecular complexity index is 485. The normalized spacial score (nSPS) is 9.93. The molecule has 74 valence electrons. The molecule has 0 saturated carbocycles. The molecule has 0 amide bonds. The highest BCUT2D eigenvalue weighted by Gasteiger charge is 2.11. The van der Waals surface area contributed by atoms with Crippen molar-refractivity contribution in [2.75, 3.05) is 0 Å². The van der Waals surface area contributed by atoms with E-state index in [0.717, 1.165) is 0 Å². The van der Waals surface area contributed by atoms with Gasteiger partial charge in [0.05, 0.1) is 0 Å². The molecule has 0 bridgehead atoms. The topological polar surface area (TPSA) is 42.9 Å². The molecule has 0 spiro atoms. The predicted octanol–water partition coefficient (Wildman–Crippen LogP) is 2.36. The number of nitrogens with zero attached hydrogens (tertiary/aromatic N) is 2. The van der Waals surface area contributed by atoms with Crippen molar-refractivity contribution in [2.45, 2.75) is 0 Å². The maximum atomic E-state index is 11.8. The lowest BCUT2D eigenvalue weighted by Crippen LogP contribution is -2.05. The lowest BCUT2D eigenvalue weighted by molar-refractivity contribution is 0.102. The van der Waals surface area contributed by atoms with Crippen molar-refractivity contribution in [3.05, 3.63) is 59.1 Å². The maximum absolute atomic E-state index is 11.8. The molecule has 0 aliphatic heterocycles. The van der Waals surface area contributed by atoms with Crippen LogP contribution in [0.25, 0.3) is 0 Å². The van der Waals surface area contributed by atoms with Crippen LogP contribution in [-0.4, -0.2) is 15.8 Å². The highest BCUT2D eigenvalue weighted by Crippen LogP contribution is 2.12. The summed E-state index contributed by atoms with van der Waals surface area (Å²) in [5.41, 5.74) is 0.494. The van der Waals surface area contributed by atoms with Gasteiger partial charge in [-0.1, -0.05) is 23.7 Å². The number of halogens is 1. The van der Waals surface area contributed by atoms with Crippen molar-refractivity contribution in [3.63, 3.8) is 0 Å². The molecular weight excluding hydrogens is 212 g/mol. The van der Waals surface area contributed by atoms with E-state index in [-0.39, 0.29) is 11.6 Å². The summed E-state index contributed by atoms with van der Waals surface area (Å²) in [5, 5.41) is 0.525. The fourth-order valence-corrected chi connectivity index (χ4v) is 1.37. The molecule has 1 aromatic heterocycles. The maximum Gasteiger partial charge on any atom is 0.230 e. The molecule has 0 aliphatic rings. The Balaban J connectivity index is 2.37. The Morgan fingerprint density at radius 2 is 1.87 bits per heavy atom. The lowest BCUT2D eigenvalue weighted by atomic mass is 10.1. The van der Waals surface area contributed by atoms with Crippen LogP contribution in [0.2, 0.25) is 5.02 Å². The van der Waals surface area contributed by atoms with Crippen LogP contribution < -0.4 is 0 Å². The minimum atomic E-state index is -0.224. The number of carbonyl (C=O) groups excluding carboxylic acids is 1. The third-order valence-corrected chi connectivity index (χ3v) is 2.09. The van der Waals surface area contributed by atoms with Crippen LogP contribution in [0, 0.1) is 0 Å². The highest BCUT2D eigenvalue weighted by molar-refractivity contribution is 6.31. The van der Waals surface area contributed by atoms with Gasteiger partial charge in [-0.25, -0.2) is 9.97 Å². The number of ketones is 1. The zero-order valence-corrected chi connectivity index (χ0v) is 8.48. The van der Waals surface area contributed by atoms with Crippen molar-refractivity contribution < 1.29 is 4.79 Å². The van der Waals surface area contributed by atoms with E-state index < -0.39 is 0 Å². The molecule has 0 aliphatic carbocycles. The molecule has 0 radical (unpaired) electrons. The monoisotopic (exact) mass is 218 g/mol. The van der Waals surface area contributed by atoms with Crippen molar-refractivity contribution in [1.29, 1.82) is 0 Å². The van der Waals surface area contributed by atoms with Gasteiger partial charge in [0.15, 0.2) is 0 Å². The van der Waals surface area contributed by atoms with Gasteiger partial charge in [0.25, 0.3) is 0 Å². The second-order valence-electron chi connectivity index (χ2n) is 2.91. The van der Waals surface area contributed by atoms with Crippen LogP contribution in [0.5, 0.6) is 0 Å². The molecule has 0 N–H and O–H groups in total. The zero-order valence-electron chi connectivity index (χ0n) is 7.72. The van der Waals surface area contributed by atoms with Crippen LogP contribution in [0.1, 0.15) is 16.2 Å². The largest absolute Gasteiger partial charge is 0.285 e. The van der Waals surface area contributed by atoms with Gasteiger partial charge in [-0.05, 0) is 18.2 Å². The molecule has 0 saturated heterocycles. The summed E-state index contributed by atoms with van der Waals surface area (Å²) in [6.07, 6.45) is 3.07. The van der Waals surface area contributed by atoms with E-state index >= 15 is 0 Å². The molecule has 0 unspecified atom stereocenters. The van der Waals surface area contributed by atoms with Gasteiger partial charge in [-0.2, -0.15) is 0 Å². The first-order chi connectivity index (χ1) is 7.27. The summed E-state index contributed by atoms with van der Waals surface area (Å²) < 4.78 is 0.